The highest BCUT2D eigenvalue weighted by atomic mass is 35.5. The van der Waals surface area contributed by atoms with Crippen molar-refractivity contribution in [1.82, 2.24) is 14.3 Å². The molecule has 1 heterocycles. The molecule has 7 nitrogen and oxygen atoms in total. The van der Waals surface area contributed by atoms with E-state index in [0.29, 0.717) is 48.3 Å². The van der Waals surface area contributed by atoms with Crippen LogP contribution in [0.1, 0.15) is 63.0 Å². The third kappa shape index (κ3) is 8.68. The second kappa shape index (κ2) is 13.0. The summed E-state index contributed by atoms with van der Waals surface area (Å²) in [5.41, 5.74) is 1.31. The second-order valence-corrected chi connectivity index (χ2v) is 10.3. The third-order valence-corrected chi connectivity index (χ3v) is 6.91. The number of aryl methyl sites for hydroxylation is 1. The van der Waals surface area contributed by atoms with Crippen molar-refractivity contribution in [2.24, 2.45) is 0 Å². The Labute approximate surface area is 206 Å². The topological polar surface area (TPSA) is 90.3 Å². The first-order valence-electron chi connectivity index (χ1n) is 11.0. The molecular formula is C23H31Cl2N3O4S. The van der Waals surface area contributed by atoms with E-state index < -0.39 is 15.9 Å². The first-order valence-corrected chi connectivity index (χ1v) is 13.4. The van der Waals surface area contributed by atoms with Crippen molar-refractivity contribution < 1.29 is 17.9 Å². The van der Waals surface area contributed by atoms with Crippen molar-refractivity contribution >= 4 is 45.2 Å². The molecule has 1 amide bonds. The molecule has 2 aromatic rings. The van der Waals surface area contributed by atoms with E-state index in [1.54, 1.807) is 17.6 Å². The van der Waals surface area contributed by atoms with Gasteiger partial charge in [0.25, 0.3) is 5.91 Å². The highest BCUT2D eigenvalue weighted by Crippen LogP contribution is 2.26. The van der Waals surface area contributed by atoms with E-state index in [1.807, 2.05) is 23.8 Å². The molecule has 182 valence electrons. The fourth-order valence-corrected chi connectivity index (χ4v) is 4.75. The molecule has 0 aliphatic heterocycles. The number of ether oxygens (including phenoxy) is 1. The fraction of sp³-hybridized carbons (Fsp3) is 0.478. The van der Waals surface area contributed by atoms with Gasteiger partial charge >= 0.3 is 0 Å². The van der Waals surface area contributed by atoms with Gasteiger partial charge < -0.3 is 9.30 Å². The Morgan fingerprint density at radius 2 is 1.91 bits per heavy atom. The molecule has 0 aliphatic rings. The van der Waals surface area contributed by atoms with Crippen LogP contribution in [0.25, 0.3) is 6.08 Å². The minimum absolute atomic E-state index is 0.0995. The molecule has 0 saturated heterocycles. The number of aromatic nitrogens is 2. The highest BCUT2D eigenvalue weighted by molar-refractivity contribution is 7.90. The van der Waals surface area contributed by atoms with E-state index in [9.17, 15) is 13.2 Å². The Balaban J connectivity index is 2.13. The summed E-state index contributed by atoms with van der Waals surface area (Å²) in [4.78, 5) is 16.4. The first kappa shape index (κ1) is 27.2. The highest BCUT2D eigenvalue weighted by Gasteiger charge is 2.15. The number of amides is 1. The summed E-state index contributed by atoms with van der Waals surface area (Å²) in [7, 11) is -3.67. The van der Waals surface area contributed by atoms with E-state index >= 15 is 0 Å². The SMILES string of the molecule is CCCCCOc1ccc(Cn2c(C)nc(Cl)c2C=CC(=O)NS(=O)(=O)CCCC)c(Cl)c1. The molecule has 0 aliphatic carbocycles. The van der Waals surface area contributed by atoms with Gasteiger partial charge in [0.1, 0.15) is 11.6 Å². The van der Waals surface area contributed by atoms with Crippen LogP contribution in [0, 0.1) is 6.92 Å². The maximum Gasteiger partial charge on any atom is 0.257 e. The number of halogens is 2. The number of hydrogen-bond acceptors (Lipinski definition) is 5. The Bertz CT molecular complexity index is 1080. The number of nitrogens with zero attached hydrogens (tertiary/aromatic N) is 2. The van der Waals surface area contributed by atoms with E-state index in [2.05, 4.69) is 11.9 Å². The summed E-state index contributed by atoms with van der Waals surface area (Å²) in [6, 6.07) is 5.53. The normalized spacial score (nSPS) is 11.8. The van der Waals surface area contributed by atoms with Crippen molar-refractivity contribution in [1.29, 1.82) is 0 Å². The second-order valence-electron chi connectivity index (χ2n) is 7.70. The quantitative estimate of drug-likeness (QED) is 0.285. The van der Waals surface area contributed by atoms with Crippen molar-refractivity contribution in [2.45, 2.75) is 59.4 Å². The molecule has 1 N–H and O–H groups in total. The number of carbonyl (C=O) groups is 1. The van der Waals surface area contributed by atoms with Crippen LogP contribution in [-0.2, 0) is 21.4 Å². The van der Waals surface area contributed by atoms with E-state index in [1.165, 1.54) is 6.08 Å². The summed E-state index contributed by atoms with van der Waals surface area (Å²) in [6.07, 6.45) is 7.02. The molecule has 0 saturated carbocycles. The number of nitrogens with one attached hydrogen (secondary N) is 1. The average Bonchev–Trinajstić information content (AvgIpc) is 3.02. The molecule has 0 bridgehead atoms. The summed E-state index contributed by atoms with van der Waals surface area (Å²) >= 11 is 12.7. The van der Waals surface area contributed by atoms with Gasteiger partial charge in [-0.05, 0) is 43.5 Å². The average molecular weight is 516 g/mol. The van der Waals surface area contributed by atoms with Crippen LogP contribution in [0.15, 0.2) is 24.3 Å². The smallest absolute Gasteiger partial charge is 0.257 e. The van der Waals surface area contributed by atoms with Gasteiger partial charge in [0, 0.05) is 11.1 Å². The van der Waals surface area contributed by atoms with Crippen LogP contribution in [0.2, 0.25) is 10.2 Å². The summed E-state index contributed by atoms with van der Waals surface area (Å²) in [5.74, 6) is 0.501. The van der Waals surface area contributed by atoms with Crippen LogP contribution < -0.4 is 9.46 Å². The van der Waals surface area contributed by atoms with Crippen molar-refractivity contribution in [2.75, 3.05) is 12.4 Å². The van der Waals surface area contributed by atoms with Gasteiger partial charge in [-0.3, -0.25) is 4.79 Å². The molecule has 0 spiro atoms. The van der Waals surface area contributed by atoms with Crippen molar-refractivity contribution in [3.05, 3.63) is 51.5 Å². The molecule has 1 aromatic heterocycles. The number of rotatable bonds is 13. The van der Waals surface area contributed by atoms with Crippen LogP contribution in [-0.4, -0.2) is 36.2 Å². The fourth-order valence-electron chi connectivity index (χ4n) is 3.09. The van der Waals surface area contributed by atoms with Gasteiger partial charge in [-0.1, -0.05) is 62.4 Å². The molecule has 2 rings (SSSR count). The zero-order chi connectivity index (χ0) is 24.4. The van der Waals surface area contributed by atoms with Gasteiger partial charge in [-0.15, -0.1) is 0 Å². The number of sulfonamides is 1. The monoisotopic (exact) mass is 515 g/mol. The molecule has 0 atom stereocenters. The van der Waals surface area contributed by atoms with Crippen LogP contribution >= 0.6 is 23.2 Å². The van der Waals surface area contributed by atoms with Crippen LogP contribution in [0.3, 0.4) is 0 Å². The lowest BCUT2D eigenvalue weighted by molar-refractivity contribution is -0.114. The predicted octanol–water partition coefficient (Wildman–Crippen LogP) is 5.37. The van der Waals surface area contributed by atoms with E-state index in [-0.39, 0.29) is 10.9 Å². The number of imidazole rings is 1. The zero-order valence-electron chi connectivity index (χ0n) is 19.2. The Hall–Kier alpha value is -2.03. The largest absolute Gasteiger partial charge is 0.494 e. The molecule has 1 aromatic carbocycles. The van der Waals surface area contributed by atoms with Gasteiger partial charge in [-0.2, -0.15) is 0 Å². The molecule has 33 heavy (non-hydrogen) atoms. The third-order valence-electron chi connectivity index (χ3n) is 4.94. The summed E-state index contributed by atoms with van der Waals surface area (Å²) in [6.45, 7) is 6.82. The maximum absolute atomic E-state index is 12.1. The van der Waals surface area contributed by atoms with E-state index in [0.717, 1.165) is 30.9 Å². The molecule has 0 radical (unpaired) electrons. The minimum Gasteiger partial charge on any atom is -0.494 e. The lowest BCUT2D eigenvalue weighted by Gasteiger charge is -2.12. The summed E-state index contributed by atoms with van der Waals surface area (Å²) in [5, 5.41) is 0.749. The number of unbranched alkanes of at least 4 members (excludes halogenated alkanes) is 3. The number of hydrogen-bond donors (Lipinski definition) is 1. The Morgan fingerprint density at radius 1 is 1.18 bits per heavy atom. The van der Waals surface area contributed by atoms with Crippen LogP contribution in [0.5, 0.6) is 5.75 Å². The lowest BCUT2D eigenvalue weighted by Crippen LogP contribution is -2.31. The predicted molar refractivity (Wildman–Crippen MR) is 133 cm³/mol. The van der Waals surface area contributed by atoms with Gasteiger partial charge in [0.2, 0.25) is 10.0 Å². The van der Waals surface area contributed by atoms with Gasteiger partial charge in [0.15, 0.2) is 5.15 Å². The molecule has 0 fully saturated rings. The maximum atomic E-state index is 12.1. The molecule has 0 unspecified atom stereocenters. The Kier molecular flexibility index (Phi) is 10.7. The van der Waals surface area contributed by atoms with Crippen molar-refractivity contribution in [3.8, 4) is 5.75 Å². The van der Waals surface area contributed by atoms with E-state index in [4.69, 9.17) is 27.9 Å². The standard InChI is InChI=1S/C23H31Cl2N3O4S/c1-4-6-8-13-32-19-10-9-18(20(24)15-19)16-28-17(3)26-23(25)21(28)11-12-22(29)27-33(30,31)14-7-5-2/h9-12,15H,4-8,13-14,16H2,1-3H3,(H,27,29). The lowest BCUT2D eigenvalue weighted by atomic mass is 10.2. The van der Waals surface area contributed by atoms with Crippen molar-refractivity contribution in [3.63, 3.8) is 0 Å². The molecular weight excluding hydrogens is 485 g/mol. The van der Waals surface area contributed by atoms with Gasteiger partial charge in [-0.25, -0.2) is 18.1 Å². The first-order chi connectivity index (χ1) is 15.7. The van der Waals surface area contributed by atoms with Crippen LogP contribution in [0.4, 0.5) is 0 Å². The zero-order valence-corrected chi connectivity index (χ0v) is 21.6. The molecule has 10 heteroatoms. The Morgan fingerprint density at radius 3 is 2.58 bits per heavy atom. The number of benzene rings is 1. The summed E-state index contributed by atoms with van der Waals surface area (Å²) < 4.78 is 33.4. The number of carbonyl (C=O) groups excluding carboxylic acids is 1. The minimum atomic E-state index is -3.67. The van der Waals surface area contributed by atoms with Gasteiger partial charge in [0.05, 0.1) is 24.6 Å².